The maximum absolute atomic E-state index is 11.6. The summed E-state index contributed by atoms with van der Waals surface area (Å²) in [6, 6.07) is 0.0617. The number of rotatable bonds is 6. The summed E-state index contributed by atoms with van der Waals surface area (Å²) in [6.07, 6.45) is 0.449. The van der Waals surface area contributed by atoms with E-state index in [4.69, 9.17) is 5.73 Å². The Kier molecular flexibility index (Phi) is 5.54. The summed E-state index contributed by atoms with van der Waals surface area (Å²) in [5.41, 5.74) is 8.55. The van der Waals surface area contributed by atoms with Gasteiger partial charge in [0.05, 0.1) is 11.2 Å². The Hall–Kier alpha value is -0.980. The van der Waals surface area contributed by atoms with E-state index in [-0.39, 0.29) is 11.9 Å². The number of nitrogens with two attached hydrogens (primary N) is 1. The average Bonchev–Trinajstić information content (AvgIpc) is 2.77. The zero-order valence-electron chi connectivity index (χ0n) is 10.6. The van der Waals surface area contributed by atoms with Crippen LogP contribution in [-0.4, -0.2) is 54.4 Å². The molecule has 0 spiro atoms. The molecule has 0 aromatic carbocycles. The van der Waals surface area contributed by atoms with Gasteiger partial charge in [0.25, 0.3) is 0 Å². The van der Waals surface area contributed by atoms with Gasteiger partial charge in [-0.2, -0.15) is 0 Å². The topological polar surface area (TPSA) is 62.5 Å². The number of hydrogen-bond donors (Lipinski definition) is 1. The van der Waals surface area contributed by atoms with Gasteiger partial charge in [-0.1, -0.05) is 0 Å². The second kappa shape index (κ2) is 6.68. The van der Waals surface area contributed by atoms with E-state index in [1.54, 1.807) is 30.3 Å². The summed E-state index contributed by atoms with van der Waals surface area (Å²) in [6.45, 7) is 1.20. The molecule has 0 saturated heterocycles. The Morgan fingerprint density at radius 1 is 1.53 bits per heavy atom. The molecule has 1 unspecified atom stereocenters. The molecule has 1 aromatic heterocycles. The number of aromatic nitrogens is 1. The van der Waals surface area contributed by atoms with E-state index < -0.39 is 0 Å². The number of carbonyl (C=O) groups excluding carboxylic acids is 1. The van der Waals surface area contributed by atoms with Gasteiger partial charge in [-0.05, 0) is 7.05 Å². The van der Waals surface area contributed by atoms with Crippen LogP contribution in [0.4, 0.5) is 0 Å². The van der Waals surface area contributed by atoms with Crippen LogP contribution in [0.1, 0.15) is 12.1 Å². The third-order valence-corrected chi connectivity index (χ3v) is 3.33. The Morgan fingerprint density at radius 3 is 2.71 bits per heavy atom. The van der Waals surface area contributed by atoms with Crippen LogP contribution in [0.3, 0.4) is 0 Å². The molecule has 0 aliphatic rings. The highest BCUT2D eigenvalue weighted by atomic mass is 32.1. The lowest BCUT2D eigenvalue weighted by atomic mass is 10.1. The minimum Gasteiger partial charge on any atom is -0.349 e. The molecular formula is C11H20N4OS. The first-order valence-electron chi connectivity index (χ1n) is 5.52. The van der Waals surface area contributed by atoms with Crippen molar-refractivity contribution in [2.75, 3.05) is 27.7 Å². The van der Waals surface area contributed by atoms with Gasteiger partial charge in [0.2, 0.25) is 5.91 Å². The second-order valence-electron chi connectivity index (χ2n) is 4.28. The molecule has 0 bridgehead atoms. The summed E-state index contributed by atoms with van der Waals surface area (Å²) in [5.74, 6) is 0.102. The zero-order valence-corrected chi connectivity index (χ0v) is 11.4. The van der Waals surface area contributed by atoms with Gasteiger partial charge in [0, 0.05) is 45.0 Å². The van der Waals surface area contributed by atoms with Crippen LogP contribution in [0.5, 0.6) is 0 Å². The molecule has 0 aliphatic carbocycles. The number of carbonyl (C=O) groups is 1. The van der Waals surface area contributed by atoms with Gasteiger partial charge in [-0.3, -0.25) is 9.69 Å². The molecule has 96 valence electrons. The van der Waals surface area contributed by atoms with Crippen molar-refractivity contribution in [1.29, 1.82) is 0 Å². The lowest BCUT2D eigenvalue weighted by molar-refractivity contribution is -0.129. The van der Waals surface area contributed by atoms with Crippen LogP contribution in [0, 0.1) is 0 Å². The highest BCUT2D eigenvalue weighted by Gasteiger charge is 2.18. The SMILES string of the molecule is CN(C)C(=O)CC(CN)N(C)Cc1cscn1. The molecule has 1 atom stereocenters. The van der Waals surface area contributed by atoms with Gasteiger partial charge >= 0.3 is 0 Å². The zero-order chi connectivity index (χ0) is 12.8. The monoisotopic (exact) mass is 256 g/mol. The Morgan fingerprint density at radius 2 is 2.24 bits per heavy atom. The molecule has 0 saturated carbocycles. The first kappa shape index (κ1) is 14.1. The van der Waals surface area contributed by atoms with Gasteiger partial charge in [-0.25, -0.2) is 4.98 Å². The summed E-state index contributed by atoms with van der Waals surface area (Å²) in [4.78, 5) is 19.6. The molecule has 1 aromatic rings. The summed E-state index contributed by atoms with van der Waals surface area (Å²) >= 11 is 1.58. The molecule has 1 amide bonds. The fourth-order valence-corrected chi connectivity index (χ4v) is 2.05. The van der Waals surface area contributed by atoms with Crippen LogP contribution in [0.2, 0.25) is 0 Å². The maximum atomic E-state index is 11.6. The van der Waals surface area contributed by atoms with Crippen molar-refractivity contribution in [2.24, 2.45) is 5.73 Å². The van der Waals surface area contributed by atoms with Crippen LogP contribution < -0.4 is 5.73 Å². The predicted molar refractivity (Wildman–Crippen MR) is 69.7 cm³/mol. The summed E-state index contributed by atoms with van der Waals surface area (Å²) < 4.78 is 0. The predicted octanol–water partition coefficient (Wildman–Crippen LogP) is 0.381. The van der Waals surface area contributed by atoms with Crippen LogP contribution in [0.25, 0.3) is 0 Å². The first-order valence-corrected chi connectivity index (χ1v) is 6.46. The Labute approximate surface area is 106 Å². The molecule has 0 radical (unpaired) electrons. The van der Waals surface area contributed by atoms with Gasteiger partial charge in [0.1, 0.15) is 0 Å². The number of nitrogens with zero attached hydrogens (tertiary/aromatic N) is 3. The van der Waals surface area contributed by atoms with Crippen molar-refractivity contribution in [1.82, 2.24) is 14.8 Å². The molecule has 0 fully saturated rings. The molecule has 5 nitrogen and oxygen atoms in total. The molecule has 1 heterocycles. The number of hydrogen-bond acceptors (Lipinski definition) is 5. The van der Waals surface area contributed by atoms with Crippen molar-refractivity contribution < 1.29 is 4.79 Å². The third kappa shape index (κ3) is 4.41. The standard InChI is InChI=1S/C11H20N4OS/c1-14(2)11(16)4-10(5-12)15(3)6-9-7-17-8-13-9/h7-8,10H,4-6,12H2,1-3H3. The smallest absolute Gasteiger partial charge is 0.223 e. The van der Waals surface area contributed by atoms with Crippen molar-refractivity contribution >= 4 is 17.2 Å². The van der Waals surface area contributed by atoms with E-state index in [0.29, 0.717) is 13.0 Å². The summed E-state index contributed by atoms with van der Waals surface area (Å²) in [7, 11) is 5.49. The van der Waals surface area contributed by atoms with Gasteiger partial charge in [-0.15, -0.1) is 11.3 Å². The number of thiazole rings is 1. The Bertz CT molecular complexity index is 339. The normalized spacial score (nSPS) is 12.8. The van der Waals surface area contributed by atoms with E-state index in [2.05, 4.69) is 9.88 Å². The first-order chi connectivity index (χ1) is 8.04. The summed E-state index contributed by atoms with van der Waals surface area (Å²) in [5, 5.41) is 2.01. The van der Waals surface area contributed by atoms with Crippen LogP contribution >= 0.6 is 11.3 Å². The molecule has 1 rings (SSSR count). The quantitative estimate of drug-likeness (QED) is 0.799. The fourth-order valence-electron chi connectivity index (χ4n) is 1.50. The molecular weight excluding hydrogens is 236 g/mol. The molecule has 2 N–H and O–H groups in total. The second-order valence-corrected chi connectivity index (χ2v) is 5.00. The van der Waals surface area contributed by atoms with Crippen molar-refractivity contribution in [2.45, 2.75) is 19.0 Å². The van der Waals surface area contributed by atoms with Crippen molar-refractivity contribution in [3.63, 3.8) is 0 Å². The number of amides is 1. The van der Waals surface area contributed by atoms with E-state index in [9.17, 15) is 4.79 Å². The lowest BCUT2D eigenvalue weighted by Crippen LogP contribution is -2.41. The minimum absolute atomic E-state index is 0.0617. The maximum Gasteiger partial charge on any atom is 0.223 e. The third-order valence-electron chi connectivity index (χ3n) is 2.70. The highest BCUT2D eigenvalue weighted by Crippen LogP contribution is 2.09. The number of likely N-dealkylation sites (N-methyl/N-ethyl adjacent to an activating group) is 1. The van der Waals surface area contributed by atoms with E-state index in [0.717, 1.165) is 12.2 Å². The van der Waals surface area contributed by atoms with Crippen LogP contribution in [0.15, 0.2) is 10.9 Å². The van der Waals surface area contributed by atoms with Crippen LogP contribution in [-0.2, 0) is 11.3 Å². The molecule has 0 aliphatic heterocycles. The molecule has 17 heavy (non-hydrogen) atoms. The largest absolute Gasteiger partial charge is 0.349 e. The lowest BCUT2D eigenvalue weighted by Gasteiger charge is -2.26. The highest BCUT2D eigenvalue weighted by molar-refractivity contribution is 7.07. The van der Waals surface area contributed by atoms with E-state index in [1.807, 2.05) is 17.9 Å². The van der Waals surface area contributed by atoms with Gasteiger partial charge in [0.15, 0.2) is 0 Å². The van der Waals surface area contributed by atoms with Crippen molar-refractivity contribution in [3.8, 4) is 0 Å². The van der Waals surface area contributed by atoms with E-state index >= 15 is 0 Å². The average molecular weight is 256 g/mol. The fraction of sp³-hybridized carbons (Fsp3) is 0.636. The van der Waals surface area contributed by atoms with E-state index in [1.165, 1.54) is 0 Å². The Balaban J connectivity index is 2.52. The van der Waals surface area contributed by atoms with Gasteiger partial charge < -0.3 is 10.6 Å². The van der Waals surface area contributed by atoms with Crippen molar-refractivity contribution in [3.05, 3.63) is 16.6 Å². The molecule has 6 heteroatoms. The minimum atomic E-state index is 0.0617.